The molecule has 1 aromatic carbocycles. The summed E-state index contributed by atoms with van der Waals surface area (Å²) >= 11 is 0. The standard InChI is InChI=1S/C16H21NO2/c1-3-11-5-4-6-12-13-7-10-19-16(2,8-9-18)15(13)17-14(11)12/h4-6,17-18H,3,7-10H2,1-2H3/t16-/m1/s1. The first-order valence-electron chi connectivity index (χ1n) is 7.07. The van der Waals surface area contributed by atoms with Crippen molar-refractivity contribution < 1.29 is 9.84 Å². The fourth-order valence-corrected chi connectivity index (χ4v) is 3.20. The Labute approximate surface area is 113 Å². The third-order valence-electron chi connectivity index (χ3n) is 4.30. The Bertz CT molecular complexity index is 602. The molecule has 1 aromatic heterocycles. The number of rotatable bonds is 3. The molecule has 2 N–H and O–H groups in total. The Kier molecular flexibility index (Phi) is 3.11. The second kappa shape index (κ2) is 4.66. The van der Waals surface area contributed by atoms with Gasteiger partial charge in [0.1, 0.15) is 5.60 Å². The SMILES string of the molecule is CCc1cccc2c3c([nH]c12)[C@@](C)(CCO)OCC3. The highest BCUT2D eigenvalue weighted by atomic mass is 16.5. The summed E-state index contributed by atoms with van der Waals surface area (Å²) < 4.78 is 5.94. The van der Waals surface area contributed by atoms with E-state index in [9.17, 15) is 5.11 Å². The highest BCUT2D eigenvalue weighted by Gasteiger charge is 2.35. The van der Waals surface area contributed by atoms with Crippen LogP contribution in [0.15, 0.2) is 18.2 Å². The van der Waals surface area contributed by atoms with Gasteiger partial charge in [0, 0.05) is 23.9 Å². The van der Waals surface area contributed by atoms with Crippen LogP contribution in [0.3, 0.4) is 0 Å². The number of aliphatic hydroxyl groups is 1. The molecule has 0 radical (unpaired) electrons. The molecule has 3 rings (SSSR count). The van der Waals surface area contributed by atoms with Crippen LogP contribution >= 0.6 is 0 Å². The van der Waals surface area contributed by atoms with Crippen LogP contribution in [0, 0.1) is 0 Å². The van der Waals surface area contributed by atoms with Gasteiger partial charge in [-0.2, -0.15) is 0 Å². The summed E-state index contributed by atoms with van der Waals surface area (Å²) in [7, 11) is 0. The number of hydrogen-bond acceptors (Lipinski definition) is 2. The van der Waals surface area contributed by atoms with Gasteiger partial charge in [-0.1, -0.05) is 25.1 Å². The quantitative estimate of drug-likeness (QED) is 0.890. The van der Waals surface area contributed by atoms with Crippen molar-refractivity contribution in [2.75, 3.05) is 13.2 Å². The Balaban J connectivity index is 2.23. The molecule has 0 unspecified atom stereocenters. The van der Waals surface area contributed by atoms with E-state index in [0.29, 0.717) is 6.42 Å². The van der Waals surface area contributed by atoms with Gasteiger partial charge in [-0.15, -0.1) is 0 Å². The van der Waals surface area contributed by atoms with Crippen LogP contribution in [0.4, 0.5) is 0 Å². The van der Waals surface area contributed by atoms with Crippen molar-refractivity contribution in [3.63, 3.8) is 0 Å². The van der Waals surface area contributed by atoms with Crippen molar-refractivity contribution >= 4 is 10.9 Å². The lowest BCUT2D eigenvalue weighted by Crippen LogP contribution is -2.33. The van der Waals surface area contributed by atoms with E-state index in [0.717, 1.165) is 25.1 Å². The molecule has 0 saturated heterocycles. The summed E-state index contributed by atoms with van der Waals surface area (Å²) in [5.41, 5.74) is 4.73. The summed E-state index contributed by atoms with van der Waals surface area (Å²) in [6.07, 6.45) is 2.60. The third-order valence-corrected chi connectivity index (χ3v) is 4.30. The fourth-order valence-electron chi connectivity index (χ4n) is 3.20. The Morgan fingerprint density at radius 2 is 2.26 bits per heavy atom. The molecule has 3 nitrogen and oxygen atoms in total. The van der Waals surface area contributed by atoms with Gasteiger partial charge in [-0.25, -0.2) is 0 Å². The molecule has 2 heterocycles. The number of aryl methyl sites for hydroxylation is 1. The van der Waals surface area contributed by atoms with E-state index < -0.39 is 0 Å². The summed E-state index contributed by atoms with van der Waals surface area (Å²) in [4.78, 5) is 3.57. The van der Waals surface area contributed by atoms with Crippen molar-refractivity contribution in [2.24, 2.45) is 0 Å². The van der Waals surface area contributed by atoms with Gasteiger partial charge >= 0.3 is 0 Å². The normalized spacial score (nSPS) is 22.7. The Morgan fingerprint density at radius 1 is 1.42 bits per heavy atom. The molecule has 0 saturated carbocycles. The Morgan fingerprint density at radius 3 is 3.00 bits per heavy atom. The van der Waals surface area contributed by atoms with Crippen molar-refractivity contribution in [3.05, 3.63) is 35.0 Å². The summed E-state index contributed by atoms with van der Waals surface area (Å²) in [5.74, 6) is 0. The number of aliphatic hydroxyl groups excluding tert-OH is 1. The second-order valence-electron chi connectivity index (χ2n) is 5.47. The lowest BCUT2D eigenvalue weighted by Gasteiger charge is -2.33. The second-order valence-corrected chi connectivity index (χ2v) is 5.47. The van der Waals surface area contributed by atoms with Crippen LogP contribution in [0.25, 0.3) is 10.9 Å². The lowest BCUT2D eigenvalue weighted by atomic mass is 9.90. The molecule has 19 heavy (non-hydrogen) atoms. The van der Waals surface area contributed by atoms with Crippen LogP contribution in [0.2, 0.25) is 0 Å². The zero-order valence-electron chi connectivity index (χ0n) is 11.6. The van der Waals surface area contributed by atoms with Crippen LogP contribution in [-0.4, -0.2) is 23.3 Å². The van der Waals surface area contributed by atoms with Crippen LogP contribution in [-0.2, 0) is 23.2 Å². The highest BCUT2D eigenvalue weighted by Crippen LogP contribution is 2.39. The zero-order chi connectivity index (χ0) is 13.5. The molecule has 1 atom stereocenters. The van der Waals surface area contributed by atoms with Gasteiger partial charge < -0.3 is 14.8 Å². The van der Waals surface area contributed by atoms with Crippen molar-refractivity contribution in [3.8, 4) is 0 Å². The summed E-state index contributed by atoms with van der Waals surface area (Å²) in [5, 5.41) is 10.6. The number of aromatic nitrogens is 1. The average molecular weight is 259 g/mol. The van der Waals surface area contributed by atoms with E-state index in [1.807, 2.05) is 0 Å². The molecule has 1 aliphatic heterocycles. The molecule has 0 bridgehead atoms. The Hall–Kier alpha value is -1.32. The maximum atomic E-state index is 9.29. The van der Waals surface area contributed by atoms with Crippen LogP contribution in [0.1, 0.15) is 37.1 Å². The monoisotopic (exact) mass is 259 g/mol. The zero-order valence-corrected chi connectivity index (χ0v) is 11.6. The van der Waals surface area contributed by atoms with Gasteiger partial charge in [0.15, 0.2) is 0 Å². The van der Waals surface area contributed by atoms with Crippen LogP contribution < -0.4 is 0 Å². The molecule has 0 spiro atoms. The van der Waals surface area contributed by atoms with Crippen molar-refractivity contribution in [1.29, 1.82) is 0 Å². The van der Waals surface area contributed by atoms with E-state index in [-0.39, 0.29) is 12.2 Å². The number of H-pyrrole nitrogens is 1. The van der Waals surface area contributed by atoms with E-state index in [4.69, 9.17) is 4.74 Å². The molecule has 0 fully saturated rings. The number of nitrogens with one attached hydrogen (secondary N) is 1. The number of para-hydroxylation sites is 1. The minimum atomic E-state index is -0.383. The van der Waals surface area contributed by atoms with Gasteiger partial charge in [0.25, 0.3) is 0 Å². The third kappa shape index (κ3) is 1.88. The maximum Gasteiger partial charge on any atom is 0.107 e. The predicted octanol–water partition coefficient (Wildman–Crippen LogP) is 2.90. The van der Waals surface area contributed by atoms with E-state index >= 15 is 0 Å². The van der Waals surface area contributed by atoms with Crippen LogP contribution in [0.5, 0.6) is 0 Å². The topological polar surface area (TPSA) is 45.2 Å². The van der Waals surface area contributed by atoms with E-state index in [1.165, 1.54) is 22.0 Å². The van der Waals surface area contributed by atoms with Gasteiger partial charge in [-0.05, 0) is 30.9 Å². The smallest absolute Gasteiger partial charge is 0.107 e. The highest BCUT2D eigenvalue weighted by molar-refractivity contribution is 5.88. The van der Waals surface area contributed by atoms with Gasteiger partial charge in [0.05, 0.1) is 12.3 Å². The molecular weight excluding hydrogens is 238 g/mol. The number of ether oxygens (including phenoxy) is 1. The molecule has 1 aliphatic rings. The molecule has 0 aliphatic carbocycles. The molecular formula is C16H21NO2. The maximum absolute atomic E-state index is 9.29. The first kappa shape index (κ1) is 12.7. The molecule has 0 amide bonds. The number of hydrogen-bond donors (Lipinski definition) is 2. The first-order valence-corrected chi connectivity index (χ1v) is 7.07. The van der Waals surface area contributed by atoms with E-state index in [2.05, 4.69) is 37.0 Å². The van der Waals surface area contributed by atoms with Gasteiger partial charge in [0.2, 0.25) is 0 Å². The minimum absolute atomic E-state index is 0.145. The number of aromatic amines is 1. The molecule has 2 aromatic rings. The molecule has 3 heteroatoms. The van der Waals surface area contributed by atoms with Crippen molar-refractivity contribution in [2.45, 2.75) is 38.7 Å². The number of benzene rings is 1. The minimum Gasteiger partial charge on any atom is -0.396 e. The van der Waals surface area contributed by atoms with Gasteiger partial charge in [-0.3, -0.25) is 0 Å². The largest absolute Gasteiger partial charge is 0.396 e. The first-order chi connectivity index (χ1) is 9.19. The average Bonchev–Trinajstić information content (AvgIpc) is 2.79. The summed E-state index contributed by atoms with van der Waals surface area (Å²) in [6.45, 7) is 5.12. The predicted molar refractivity (Wildman–Crippen MR) is 76.4 cm³/mol. The molecule has 102 valence electrons. The lowest BCUT2D eigenvalue weighted by molar-refractivity contribution is -0.0628. The fraction of sp³-hybridized carbons (Fsp3) is 0.500. The van der Waals surface area contributed by atoms with Crippen molar-refractivity contribution in [1.82, 2.24) is 4.98 Å². The number of fused-ring (bicyclic) bond motifs is 3. The summed E-state index contributed by atoms with van der Waals surface area (Å²) in [6, 6.07) is 6.50. The van der Waals surface area contributed by atoms with E-state index in [1.54, 1.807) is 0 Å².